The molecule has 0 atom stereocenters. The Labute approximate surface area is 171 Å². The largest absolute Gasteiger partial charge is 0.306 e. The van der Waals surface area contributed by atoms with Crippen LogP contribution in [0.2, 0.25) is 0 Å². The lowest BCUT2D eigenvalue weighted by Crippen LogP contribution is -2.31. The zero-order chi connectivity index (χ0) is 19.2. The summed E-state index contributed by atoms with van der Waals surface area (Å²) in [5.74, 6) is -0.0837. The molecular weight excluding hydrogens is 424 g/mol. The number of aryl methyl sites for hydroxylation is 1. The molecule has 1 aromatic carbocycles. The fraction of sp³-hybridized carbons (Fsp3) is 0.190. The molecular formula is C21H19BrN2O2S. The van der Waals surface area contributed by atoms with Crippen LogP contribution in [0.5, 0.6) is 0 Å². The Bertz CT molecular complexity index is 923. The number of pyridine rings is 1. The molecule has 3 aromatic rings. The lowest BCUT2D eigenvalue weighted by atomic mass is 10.1. The van der Waals surface area contributed by atoms with E-state index in [0.29, 0.717) is 11.4 Å². The van der Waals surface area contributed by atoms with Gasteiger partial charge in [-0.1, -0.05) is 22.0 Å². The summed E-state index contributed by atoms with van der Waals surface area (Å²) in [4.78, 5) is 33.1. The van der Waals surface area contributed by atoms with Crippen molar-refractivity contribution in [3.8, 4) is 0 Å². The Morgan fingerprint density at radius 2 is 1.81 bits per heavy atom. The number of hydrogen-bond donors (Lipinski definition) is 0. The summed E-state index contributed by atoms with van der Waals surface area (Å²) >= 11 is 4.88. The van der Waals surface area contributed by atoms with Crippen molar-refractivity contribution in [3.63, 3.8) is 0 Å². The first-order valence-corrected chi connectivity index (χ1v) is 10.2. The zero-order valence-corrected chi connectivity index (χ0v) is 17.3. The van der Waals surface area contributed by atoms with Crippen molar-refractivity contribution in [2.75, 3.05) is 4.90 Å². The highest BCUT2D eigenvalue weighted by Crippen LogP contribution is 2.22. The molecule has 0 fully saturated rings. The maximum atomic E-state index is 12.9. The van der Waals surface area contributed by atoms with Crippen LogP contribution in [-0.2, 0) is 11.3 Å². The number of ketones is 1. The van der Waals surface area contributed by atoms with Gasteiger partial charge in [0.2, 0.25) is 5.91 Å². The molecule has 2 aromatic heterocycles. The fourth-order valence-corrected chi connectivity index (χ4v) is 3.76. The molecule has 0 unspecified atom stereocenters. The minimum Gasteiger partial charge on any atom is -0.306 e. The zero-order valence-electron chi connectivity index (χ0n) is 14.9. The predicted molar refractivity (Wildman–Crippen MR) is 112 cm³/mol. The van der Waals surface area contributed by atoms with Crippen LogP contribution in [0.4, 0.5) is 5.69 Å². The molecule has 3 rings (SSSR count). The predicted octanol–water partition coefficient (Wildman–Crippen LogP) is 5.41. The number of aromatic nitrogens is 1. The van der Waals surface area contributed by atoms with Gasteiger partial charge in [-0.25, -0.2) is 0 Å². The van der Waals surface area contributed by atoms with Crippen LogP contribution in [0.15, 0.2) is 65.3 Å². The van der Waals surface area contributed by atoms with Crippen molar-refractivity contribution in [1.82, 2.24) is 4.98 Å². The quantitative estimate of drug-likeness (QED) is 0.459. The average molecular weight is 443 g/mol. The molecule has 0 N–H and O–H groups in total. The number of benzene rings is 1. The van der Waals surface area contributed by atoms with E-state index in [1.54, 1.807) is 11.1 Å². The first kappa shape index (κ1) is 19.5. The van der Waals surface area contributed by atoms with Crippen LogP contribution in [0.3, 0.4) is 0 Å². The van der Waals surface area contributed by atoms with Crippen molar-refractivity contribution in [3.05, 3.63) is 80.7 Å². The summed E-state index contributed by atoms with van der Waals surface area (Å²) in [6, 6.07) is 16.9. The minimum atomic E-state index is -0.0930. The van der Waals surface area contributed by atoms with E-state index < -0.39 is 0 Å². The topological polar surface area (TPSA) is 50.3 Å². The number of amides is 1. The summed E-state index contributed by atoms with van der Waals surface area (Å²) in [6.07, 6.45) is 2.08. The van der Waals surface area contributed by atoms with Crippen LogP contribution in [0.1, 0.15) is 33.1 Å². The second kappa shape index (κ2) is 9.06. The van der Waals surface area contributed by atoms with Gasteiger partial charge in [-0.15, -0.1) is 11.3 Å². The third-order valence-corrected chi connectivity index (χ3v) is 5.64. The van der Waals surface area contributed by atoms with E-state index in [4.69, 9.17) is 0 Å². The SMILES string of the molecule is Cc1ccc(C(=O)CCC(=O)N(Cc2ccccn2)c2ccc(Br)cc2)s1. The minimum absolute atomic E-state index is 0.00930. The second-order valence-electron chi connectivity index (χ2n) is 6.11. The highest BCUT2D eigenvalue weighted by molar-refractivity contribution is 9.10. The number of rotatable bonds is 7. The number of thiophene rings is 1. The summed E-state index contributed by atoms with van der Waals surface area (Å²) in [5.41, 5.74) is 1.59. The Morgan fingerprint density at radius 1 is 1.04 bits per heavy atom. The summed E-state index contributed by atoms with van der Waals surface area (Å²) in [6.45, 7) is 2.34. The van der Waals surface area contributed by atoms with Crippen molar-refractivity contribution in [1.29, 1.82) is 0 Å². The maximum Gasteiger partial charge on any atom is 0.227 e. The standard InChI is InChI=1S/C21H19BrN2O2S/c1-15-5-11-20(27-15)19(25)10-12-21(26)24(14-17-4-2-3-13-23-17)18-8-6-16(22)7-9-18/h2-9,11,13H,10,12,14H2,1H3. The van der Waals surface area contributed by atoms with Crippen molar-refractivity contribution in [2.24, 2.45) is 0 Å². The third kappa shape index (κ3) is 5.34. The number of carbonyl (C=O) groups excluding carboxylic acids is 2. The number of carbonyl (C=O) groups is 2. The maximum absolute atomic E-state index is 12.9. The summed E-state index contributed by atoms with van der Waals surface area (Å²) in [7, 11) is 0. The van der Waals surface area contributed by atoms with Gasteiger partial charge in [0.05, 0.1) is 17.1 Å². The van der Waals surface area contributed by atoms with Gasteiger partial charge in [0.1, 0.15) is 0 Å². The Balaban J connectivity index is 1.73. The molecule has 0 radical (unpaired) electrons. The monoisotopic (exact) mass is 442 g/mol. The Kier molecular flexibility index (Phi) is 6.53. The number of anilines is 1. The number of hydrogen-bond acceptors (Lipinski definition) is 4. The molecule has 0 spiro atoms. The van der Waals surface area contributed by atoms with Crippen LogP contribution < -0.4 is 4.90 Å². The van der Waals surface area contributed by atoms with Crippen molar-refractivity contribution < 1.29 is 9.59 Å². The molecule has 27 heavy (non-hydrogen) atoms. The Hall–Kier alpha value is -2.31. The molecule has 0 aliphatic rings. The molecule has 1 amide bonds. The average Bonchev–Trinajstić information content (AvgIpc) is 3.12. The lowest BCUT2D eigenvalue weighted by molar-refractivity contribution is -0.118. The van der Waals surface area contributed by atoms with E-state index in [2.05, 4.69) is 20.9 Å². The number of Topliss-reactive ketones (excluding diaryl/α,β-unsaturated/α-hetero) is 1. The summed E-state index contributed by atoms with van der Waals surface area (Å²) < 4.78 is 0.944. The van der Waals surface area contributed by atoms with E-state index >= 15 is 0 Å². The van der Waals surface area contributed by atoms with E-state index in [0.717, 1.165) is 20.7 Å². The van der Waals surface area contributed by atoms with E-state index in [1.165, 1.54) is 11.3 Å². The fourth-order valence-electron chi connectivity index (χ4n) is 2.66. The molecule has 0 bridgehead atoms. The highest BCUT2D eigenvalue weighted by atomic mass is 79.9. The van der Waals surface area contributed by atoms with Gasteiger partial charge >= 0.3 is 0 Å². The normalized spacial score (nSPS) is 10.6. The first-order valence-electron chi connectivity index (χ1n) is 8.58. The van der Waals surface area contributed by atoms with E-state index in [9.17, 15) is 9.59 Å². The van der Waals surface area contributed by atoms with Gasteiger partial charge in [0.15, 0.2) is 5.78 Å². The van der Waals surface area contributed by atoms with E-state index in [-0.39, 0.29) is 24.5 Å². The smallest absolute Gasteiger partial charge is 0.227 e. The molecule has 4 nitrogen and oxygen atoms in total. The molecule has 0 aliphatic carbocycles. The molecule has 0 saturated heterocycles. The molecule has 0 saturated carbocycles. The molecule has 6 heteroatoms. The second-order valence-corrected chi connectivity index (χ2v) is 8.31. The Morgan fingerprint density at radius 3 is 2.44 bits per heavy atom. The lowest BCUT2D eigenvalue weighted by Gasteiger charge is -2.22. The van der Waals surface area contributed by atoms with Gasteiger partial charge < -0.3 is 4.90 Å². The van der Waals surface area contributed by atoms with Crippen LogP contribution >= 0.6 is 27.3 Å². The molecule has 2 heterocycles. The number of halogens is 1. The van der Waals surface area contributed by atoms with Crippen LogP contribution in [0.25, 0.3) is 0 Å². The third-order valence-electron chi connectivity index (χ3n) is 4.07. The molecule has 0 aliphatic heterocycles. The van der Waals surface area contributed by atoms with Crippen molar-refractivity contribution >= 4 is 44.6 Å². The van der Waals surface area contributed by atoms with Crippen LogP contribution in [-0.4, -0.2) is 16.7 Å². The van der Waals surface area contributed by atoms with Gasteiger partial charge in [-0.05, 0) is 55.5 Å². The van der Waals surface area contributed by atoms with Gasteiger partial charge in [0, 0.05) is 34.1 Å². The van der Waals surface area contributed by atoms with E-state index in [1.807, 2.05) is 61.5 Å². The number of nitrogens with zero attached hydrogens (tertiary/aromatic N) is 2. The van der Waals surface area contributed by atoms with Gasteiger partial charge in [0.25, 0.3) is 0 Å². The molecule has 138 valence electrons. The highest BCUT2D eigenvalue weighted by Gasteiger charge is 2.19. The summed E-state index contributed by atoms with van der Waals surface area (Å²) in [5, 5.41) is 0. The van der Waals surface area contributed by atoms with Crippen molar-refractivity contribution in [2.45, 2.75) is 26.3 Å². The van der Waals surface area contributed by atoms with Gasteiger partial charge in [-0.2, -0.15) is 0 Å². The first-order chi connectivity index (χ1) is 13.0. The van der Waals surface area contributed by atoms with Gasteiger partial charge in [-0.3, -0.25) is 14.6 Å². The van der Waals surface area contributed by atoms with Crippen LogP contribution in [0, 0.1) is 6.92 Å².